The van der Waals surface area contributed by atoms with Crippen molar-refractivity contribution in [1.82, 2.24) is 4.90 Å². The SMILES string of the molecule is CN(Cc1ccccc1)C[C@@H](O)c1ccc2c(c1)CCCN2C(=O)C(C)(C)C. The number of likely N-dealkylation sites (N-methyl/N-ethyl adjacent to an activating group) is 1. The molecule has 1 aliphatic rings. The first-order chi connectivity index (χ1) is 13.3. The highest BCUT2D eigenvalue weighted by Crippen LogP contribution is 2.33. The van der Waals surface area contributed by atoms with Gasteiger partial charge in [-0.25, -0.2) is 0 Å². The van der Waals surface area contributed by atoms with Crippen molar-refractivity contribution in [2.24, 2.45) is 5.41 Å². The van der Waals surface area contributed by atoms with Crippen molar-refractivity contribution in [3.05, 3.63) is 65.2 Å². The van der Waals surface area contributed by atoms with Crippen LogP contribution in [0.25, 0.3) is 0 Å². The topological polar surface area (TPSA) is 43.8 Å². The van der Waals surface area contributed by atoms with Crippen molar-refractivity contribution in [3.8, 4) is 0 Å². The molecule has 1 aliphatic heterocycles. The molecule has 0 fully saturated rings. The van der Waals surface area contributed by atoms with Crippen molar-refractivity contribution >= 4 is 11.6 Å². The fourth-order valence-electron chi connectivity index (χ4n) is 3.80. The lowest BCUT2D eigenvalue weighted by Crippen LogP contribution is -2.42. The van der Waals surface area contributed by atoms with Gasteiger partial charge in [0.05, 0.1) is 6.10 Å². The number of aryl methyl sites for hydroxylation is 1. The molecule has 1 atom stereocenters. The van der Waals surface area contributed by atoms with Gasteiger partial charge in [0, 0.05) is 30.7 Å². The molecule has 0 bridgehead atoms. The van der Waals surface area contributed by atoms with Crippen LogP contribution in [0.15, 0.2) is 48.5 Å². The van der Waals surface area contributed by atoms with Crippen LogP contribution in [0.2, 0.25) is 0 Å². The van der Waals surface area contributed by atoms with E-state index in [1.807, 2.05) is 63.1 Å². The van der Waals surface area contributed by atoms with Gasteiger partial charge in [-0.3, -0.25) is 9.69 Å². The van der Waals surface area contributed by atoms with Crippen molar-refractivity contribution in [2.75, 3.05) is 25.0 Å². The number of aliphatic hydroxyl groups is 1. The molecule has 0 aliphatic carbocycles. The normalized spacial score (nSPS) is 15.4. The quantitative estimate of drug-likeness (QED) is 0.846. The molecule has 4 heteroatoms. The molecule has 1 heterocycles. The first kappa shape index (κ1) is 20.6. The zero-order valence-electron chi connectivity index (χ0n) is 17.5. The minimum Gasteiger partial charge on any atom is -0.387 e. The molecule has 150 valence electrons. The third-order valence-corrected chi connectivity index (χ3v) is 5.27. The van der Waals surface area contributed by atoms with E-state index in [9.17, 15) is 9.90 Å². The summed E-state index contributed by atoms with van der Waals surface area (Å²) in [6.07, 6.45) is 1.36. The van der Waals surface area contributed by atoms with Crippen LogP contribution in [0.5, 0.6) is 0 Å². The summed E-state index contributed by atoms with van der Waals surface area (Å²) in [6.45, 7) is 8.03. The molecule has 0 saturated carbocycles. The van der Waals surface area contributed by atoms with Crippen LogP contribution in [0, 0.1) is 5.41 Å². The summed E-state index contributed by atoms with van der Waals surface area (Å²) >= 11 is 0. The highest BCUT2D eigenvalue weighted by molar-refractivity contribution is 5.98. The fourth-order valence-corrected chi connectivity index (χ4v) is 3.80. The molecule has 0 aromatic heterocycles. The van der Waals surface area contributed by atoms with Crippen LogP contribution in [0.1, 0.15) is 50.0 Å². The molecule has 1 N–H and O–H groups in total. The molecule has 0 spiro atoms. The van der Waals surface area contributed by atoms with E-state index in [2.05, 4.69) is 23.1 Å². The lowest BCUT2D eigenvalue weighted by atomic mass is 9.91. The van der Waals surface area contributed by atoms with Crippen molar-refractivity contribution in [1.29, 1.82) is 0 Å². The lowest BCUT2D eigenvalue weighted by Gasteiger charge is -2.34. The third kappa shape index (κ3) is 4.81. The summed E-state index contributed by atoms with van der Waals surface area (Å²) in [4.78, 5) is 16.8. The highest BCUT2D eigenvalue weighted by Gasteiger charge is 2.31. The number of anilines is 1. The van der Waals surface area contributed by atoms with Gasteiger partial charge in [0.1, 0.15) is 0 Å². The number of rotatable bonds is 5. The molecule has 1 amide bonds. The van der Waals surface area contributed by atoms with Crippen LogP contribution in [0.4, 0.5) is 5.69 Å². The number of nitrogens with zero attached hydrogens (tertiary/aromatic N) is 2. The van der Waals surface area contributed by atoms with Crippen molar-refractivity contribution in [2.45, 2.75) is 46.3 Å². The van der Waals surface area contributed by atoms with E-state index in [-0.39, 0.29) is 5.91 Å². The maximum Gasteiger partial charge on any atom is 0.232 e. The molecule has 4 nitrogen and oxygen atoms in total. The molecule has 2 aromatic carbocycles. The summed E-state index contributed by atoms with van der Waals surface area (Å²) in [5.41, 5.74) is 3.92. The van der Waals surface area contributed by atoms with E-state index in [0.717, 1.165) is 42.7 Å². The molecular formula is C24H32N2O2. The minimum absolute atomic E-state index is 0.157. The molecule has 3 rings (SSSR count). The van der Waals surface area contributed by atoms with E-state index in [1.165, 1.54) is 5.56 Å². The Hall–Kier alpha value is -2.17. The Labute approximate surface area is 168 Å². The summed E-state index contributed by atoms with van der Waals surface area (Å²) in [6, 6.07) is 16.3. The van der Waals surface area contributed by atoms with Gasteiger partial charge >= 0.3 is 0 Å². The van der Waals surface area contributed by atoms with E-state index >= 15 is 0 Å². The van der Waals surface area contributed by atoms with Gasteiger partial charge in [-0.15, -0.1) is 0 Å². The number of fused-ring (bicyclic) bond motifs is 1. The predicted octanol–water partition coefficient (Wildman–Crippen LogP) is 4.18. The Morgan fingerprint density at radius 2 is 1.89 bits per heavy atom. The Kier molecular flexibility index (Phi) is 6.21. The van der Waals surface area contributed by atoms with Gasteiger partial charge in [0.2, 0.25) is 5.91 Å². The standard InChI is InChI=1S/C24H32N2O2/c1-24(2,3)23(28)26-14-8-11-19-15-20(12-13-21(19)26)22(27)17-25(4)16-18-9-6-5-7-10-18/h5-7,9-10,12-13,15,22,27H,8,11,14,16-17H2,1-4H3/t22-/m1/s1. The summed E-state index contributed by atoms with van der Waals surface area (Å²) < 4.78 is 0. The smallest absolute Gasteiger partial charge is 0.232 e. The van der Waals surface area contributed by atoms with E-state index in [4.69, 9.17) is 0 Å². The Balaban J connectivity index is 1.71. The Morgan fingerprint density at radius 1 is 1.18 bits per heavy atom. The maximum absolute atomic E-state index is 12.8. The second-order valence-electron chi connectivity index (χ2n) is 8.90. The summed E-state index contributed by atoms with van der Waals surface area (Å²) in [5.74, 6) is 0.157. The molecule has 0 radical (unpaired) electrons. The zero-order valence-corrected chi connectivity index (χ0v) is 17.5. The van der Waals surface area contributed by atoms with E-state index in [1.54, 1.807) is 0 Å². The van der Waals surface area contributed by atoms with Crippen LogP contribution in [-0.4, -0.2) is 36.1 Å². The summed E-state index contributed by atoms with van der Waals surface area (Å²) in [5, 5.41) is 10.8. The monoisotopic (exact) mass is 380 g/mol. The molecular weight excluding hydrogens is 348 g/mol. The molecule has 0 unspecified atom stereocenters. The highest BCUT2D eigenvalue weighted by atomic mass is 16.3. The van der Waals surface area contributed by atoms with Gasteiger partial charge in [-0.1, -0.05) is 63.2 Å². The van der Waals surface area contributed by atoms with Crippen LogP contribution in [-0.2, 0) is 17.8 Å². The van der Waals surface area contributed by atoms with Crippen molar-refractivity contribution in [3.63, 3.8) is 0 Å². The molecule has 2 aromatic rings. The second-order valence-corrected chi connectivity index (χ2v) is 8.90. The largest absolute Gasteiger partial charge is 0.387 e. The first-order valence-electron chi connectivity index (χ1n) is 10.1. The number of carbonyl (C=O) groups is 1. The average Bonchev–Trinajstić information content (AvgIpc) is 2.66. The van der Waals surface area contributed by atoms with Crippen LogP contribution < -0.4 is 4.90 Å². The van der Waals surface area contributed by atoms with Crippen LogP contribution >= 0.6 is 0 Å². The maximum atomic E-state index is 12.8. The van der Waals surface area contributed by atoms with Gasteiger partial charge in [0.15, 0.2) is 0 Å². The summed E-state index contributed by atoms with van der Waals surface area (Å²) in [7, 11) is 2.03. The first-order valence-corrected chi connectivity index (χ1v) is 10.1. The second kappa shape index (κ2) is 8.46. The van der Waals surface area contributed by atoms with E-state index < -0.39 is 11.5 Å². The number of benzene rings is 2. The number of carbonyl (C=O) groups excluding carboxylic acids is 1. The van der Waals surface area contributed by atoms with Crippen molar-refractivity contribution < 1.29 is 9.90 Å². The van der Waals surface area contributed by atoms with Gasteiger partial charge in [-0.05, 0) is 42.6 Å². The number of hydrogen-bond acceptors (Lipinski definition) is 3. The number of hydrogen-bond donors (Lipinski definition) is 1. The van der Waals surface area contributed by atoms with E-state index in [0.29, 0.717) is 6.54 Å². The predicted molar refractivity (Wildman–Crippen MR) is 114 cm³/mol. The van der Waals surface area contributed by atoms with Gasteiger partial charge in [0.25, 0.3) is 0 Å². The number of amides is 1. The Bertz CT molecular complexity index is 811. The third-order valence-electron chi connectivity index (χ3n) is 5.27. The average molecular weight is 381 g/mol. The number of aliphatic hydroxyl groups excluding tert-OH is 1. The van der Waals surface area contributed by atoms with Gasteiger partial charge < -0.3 is 10.0 Å². The minimum atomic E-state index is -0.548. The zero-order chi connectivity index (χ0) is 20.3. The molecule has 0 saturated heterocycles. The van der Waals surface area contributed by atoms with Gasteiger partial charge in [-0.2, -0.15) is 0 Å². The lowest BCUT2D eigenvalue weighted by molar-refractivity contribution is -0.125. The fraction of sp³-hybridized carbons (Fsp3) is 0.458. The van der Waals surface area contributed by atoms with Crippen LogP contribution in [0.3, 0.4) is 0 Å². The Morgan fingerprint density at radius 3 is 2.57 bits per heavy atom. The molecule has 28 heavy (non-hydrogen) atoms.